The Morgan fingerprint density at radius 2 is 1.75 bits per heavy atom. The molecule has 1 saturated carbocycles. The minimum Gasteiger partial charge on any atom is -0.380 e. The molecule has 218 valence electrons. The fraction of sp³-hybridized carbons (Fsp3) is 0.571. The van der Waals surface area contributed by atoms with Crippen LogP contribution in [-0.4, -0.2) is 100 Å². The number of nitrogens with zero attached hydrogens (tertiary/aromatic N) is 5. The van der Waals surface area contributed by atoms with Gasteiger partial charge in [0, 0.05) is 58.1 Å². The molecule has 12 nitrogen and oxygen atoms in total. The van der Waals surface area contributed by atoms with Crippen LogP contribution in [0.25, 0.3) is 5.69 Å². The van der Waals surface area contributed by atoms with Crippen LogP contribution in [0.15, 0.2) is 41.3 Å². The SMILES string of the molecule is CO[C@H]1CC(N(C)Cc2ccc(-n3ccc(NC(=O)N4CCN(C(=O)C(C)(C)N)CC4)nc3=O)cc2)CC[C@@H]1N. The Morgan fingerprint density at radius 3 is 2.35 bits per heavy atom. The summed E-state index contributed by atoms with van der Waals surface area (Å²) in [4.78, 5) is 47.5. The van der Waals surface area contributed by atoms with Gasteiger partial charge in [-0.05, 0) is 63.9 Å². The molecule has 1 saturated heterocycles. The molecule has 4 rings (SSSR count). The normalized spacial score (nSPS) is 21.9. The first-order chi connectivity index (χ1) is 19.0. The van der Waals surface area contributed by atoms with Crippen molar-refractivity contribution in [1.82, 2.24) is 24.3 Å². The van der Waals surface area contributed by atoms with E-state index in [1.54, 1.807) is 43.0 Å². The molecule has 1 aliphatic carbocycles. The molecule has 3 atom stereocenters. The molecule has 2 heterocycles. The van der Waals surface area contributed by atoms with Crippen molar-refractivity contribution in [2.75, 3.05) is 45.7 Å². The first kappa shape index (κ1) is 29.7. The van der Waals surface area contributed by atoms with Gasteiger partial charge in [0.2, 0.25) is 5.91 Å². The molecular weight excluding hydrogens is 512 g/mol. The highest BCUT2D eigenvalue weighted by Gasteiger charge is 2.32. The van der Waals surface area contributed by atoms with E-state index in [1.165, 1.54) is 4.57 Å². The molecule has 1 aliphatic heterocycles. The Hall–Kier alpha value is -3.32. The van der Waals surface area contributed by atoms with Gasteiger partial charge in [-0.1, -0.05) is 12.1 Å². The Labute approximate surface area is 235 Å². The molecule has 1 aromatic heterocycles. The Balaban J connectivity index is 1.32. The molecule has 2 aromatic rings. The quantitative estimate of drug-likeness (QED) is 0.458. The molecular formula is C28H42N8O4. The standard InChI is InChI=1S/C28H42N8O4/c1-28(2,30)25(37)34-13-15-35(16-14-34)26(38)31-24-11-12-36(27(39)32-24)20-7-5-19(6-8-20)18-33(3)21-9-10-22(29)23(17-21)40-4/h5-8,11-12,21-23H,9-10,13-18,29-30H2,1-4H3,(H,31,32,38,39)/t21?,22-,23-/m0/s1. The van der Waals surface area contributed by atoms with Crippen LogP contribution in [0.2, 0.25) is 0 Å². The largest absolute Gasteiger partial charge is 0.380 e. The van der Waals surface area contributed by atoms with Crippen LogP contribution in [0.3, 0.4) is 0 Å². The number of nitrogens with one attached hydrogen (secondary N) is 1. The monoisotopic (exact) mass is 554 g/mol. The Morgan fingerprint density at radius 1 is 1.10 bits per heavy atom. The third kappa shape index (κ3) is 7.05. The predicted molar refractivity (Wildman–Crippen MR) is 153 cm³/mol. The van der Waals surface area contributed by atoms with Gasteiger partial charge in [-0.15, -0.1) is 0 Å². The molecule has 1 unspecified atom stereocenters. The van der Waals surface area contributed by atoms with Crippen molar-refractivity contribution in [2.45, 2.75) is 63.4 Å². The fourth-order valence-electron chi connectivity index (χ4n) is 5.36. The number of methoxy groups -OCH3 is 1. The maximum atomic E-state index is 12.8. The van der Waals surface area contributed by atoms with Gasteiger partial charge >= 0.3 is 11.7 Å². The second-order valence-electron chi connectivity index (χ2n) is 11.4. The number of urea groups is 1. The summed E-state index contributed by atoms with van der Waals surface area (Å²) >= 11 is 0. The Kier molecular flexibility index (Phi) is 9.24. The number of rotatable bonds is 7. The van der Waals surface area contributed by atoms with Crippen LogP contribution in [0.5, 0.6) is 0 Å². The number of carbonyl (C=O) groups is 2. The summed E-state index contributed by atoms with van der Waals surface area (Å²) < 4.78 is 7.00. The van der Waals surface area contributed by atoms with Gasteiger partial charge in [0.15, 0.2) is 0 Å². The van der Waals surface area contributed by atoms with Crippen molar-refractivity contribution in [1.29, 1.82) is 0 Å². The minimum absolute atomic E-state index is 0.0839. The lowest BCUT2D eigenvalue weighted by Crippen LogP contribution is -2.58. The average molecular weight is 555 g/mol. The summed E-state index contributed by atoms with van der Waals surface area (Å²) in [6.45, 7) is 5.65. The highest BCUT2D eigenvalue weighted by Crippen LogP contribution is 2.25. The first-order valence-corrected chi connectivity index (χ1v) is 13.8. The molecule has 5 N–H and O–H groups in total. The van der Waals surface area contributed by atoms with E-state index in [9.17, 15) is 14.4 Å². The molecule has 12 heteroatoms. The number of nitrogens with two attached hydrogens (primary N) is 2. The highest BCUT2D eigenvalue weighted by molar-refractivity contribution is 5.89. The molecule has 0 radical (unpaired) electrons. The maximum absolute atomic E-state index is 12.8. The zero-order valence-electron chi connectivity index (χ0n) is 23.9. The summed E-state index contributed by atoms with van der Waals surface area (Å²) in [7, 11) is 3.84. The number of aromatic nitrogens is 2. The molecule has 0 spiro atoms. The van der Waals surface area contributed by atoms with Crippen LogP contribution in [-0.2, 0) is 16.1 Å². The minimum atomic E-state index is -0.951. The number of benzene rings is 1. The number of piperazine rings is 1. The van der Waals surface area contributed by atoms with E-state index >= 15 is 0 Å². The van der Waals surface area contributed by atoms with Crippen LogP contribution >= 0.6 is 0 Å². The van der Waals surface area contributed by atoms with Gasteiger partial charge in [0.1, 0.15) is 5.82 Å². The molecule has 2 fully saturated rings. The van der Waals surface area contributed by atoms with E-state index in [-0.39, 0.29) is 29.9 Å². The van der Waals surface area contributed by atoms with Gasteiger partial charge in [-0.2, -0.15) is 4.98 Å². The van der Waals surface area contributed by atoms with Crippen molar-refractivity contribution < 1.29 is 14.3 Å². The summed E-state index contributed by atoms with van der Waals surface area (Å²) in [5, 5.41) is 2.69. The van der Waals surface area contributed by atoms with Gasteiger partial charge in [0.05, 0.1) is 17.3 Å². The zero-order chi connectivity index (χ0) is 29.0. The number of ether oxygens (including phenoxy) is 1. The van der Waals surface area contributed by atoms with Gasteiger partial charge < -0.3 is 26.0 Å². The van der Waals surface area contributed by atoms with Crippen LogP contribution in [0.4, 0.5) is 10.6 Å². The number of hydrogen-bond donors (Lipinski definition) is 3. The number of hydrogen-bond acceptors (Lipinski definition) is 8. The van der Waals surface area contributed by atoms with Gasteiger partial charge in [-0.3, -0.25) is 19.6 Å². The molecule has 0 bridgehead atoms. The van der Waals surface area contributed by atoms with Crippen molar-refractivity contribution >= 4 is 17.8 Å². The van der Waals surface area contributed by atoms with E-state index in [0.29, 0.717) is 37.9 Å². The molecule has 2 aliphatic rings. The third-order valence-corrected chi connectivity index (χ3v) is 7.83. The number of carbonyl (C=O) groups excluding carboxylic acids is 2. The zero-order valence-corrected chi connectivity index (χ0v) is 23.9. The summed E-state index contributed by atoms with van der Waals surface area (Å²) in [5.41, 5.74) is 12.5. The summed E-state index contributed by atoms with van der Waals surface area (Å²) in [6.07, 6.45) is 4.59. The second-order valence-corrected chi connectivity index (χ2v) is 11.4. The van der Waals surface area contributed by atoms with Crippen molar-refractivity contribution in [3.63, 3.8) is 0 Å². The van der Waals surface area contributed by atoms with E-state index < -0.39 is 11.2 Å². The van der Waals surface area contributed by atoms with E-state index in [2.05, 4.69) is 22.2 Å². The van der Waals surface area contributed by atoms with Crippen LogP contribution in [0.1, 0.15) is 38.7 Å². The summed E-state index contributed by atoms with van der Waals surface area (Å²) in [6, 6.07) is 9.53. The van der Waals surface area contributed by atoms with Crippen molar-refractivity contribution in [2.24, 2.45) is 11.5 Å². The maximum Gasteiger partial charge on any atom is 0.354 e. The van der Waals surface area contributed by atoms with Gasteiger partial charge in [-0.25, -0.2) is 9.59 Å². The van der Waals surface area contributed by atoms with Crippen LogP contribution < -0.4 is 22.5 Å². The average Bonchev–Trinajstić information content (AvgIpc) is 2.93. The second kappa shape index (κ2) is 12.5. The smallest absolute Gasteiger partial charge is 0.354 e. The highest BCUT2D eigenvalue weighted by atomic mass is 16.5. The lowest BCUT2D eigenvalue weighted by Gasteiger charge is -2.38. The van der Waals surface area contributed by atoms with E-state index in [1.807, 2.05) is 24.3 Å². The topological polar surface area (TPSA) is 152 Å². The lowest BCUT2D eigenvalue weighted by atomic mass is 9.88. The Bertz CT molecular complexity index is 1230. The molecule has 3 amide bonds. The van der Waals surface area contributed by atoms with Crippen molar-refractivity contribution in [3.05, 3.63) is 52.6 Å². The lowest BCUT2D eigenvalue weighted by molar-refractivity contribution is -0.137. The predicted octanol–water partition coefficient (Wildman–Crippen LogP) is 0.973. The van der Waals surface area contributed by atoms with Crippen molar-refractivity contribution in [3.8, 4) is 5.69 Å². The summed E-state index contributed by atoms with van der Waals surface area (Å²) in [5.74, 6) is 0.0279. The van der Waals surface area contributed by atoms with Crippen LogP contribution in [0, 0.1) is 0 Å². The fourth-order valence-corrected chi connectivity index (χ4v) is 5.36. The number of amides is 3. The van der Waals surface area contributed by atoms with E-state index in [0.717, 1.165) is 31.4 Å². The van der Waals surface area contributed by atoms with E-state index in [4.69, 9.17) is 16.2 Å². The van der Waals surface area contributed by atoms with Gasteiger partial charge in [0.25, 0.3) is 0 Å². The number of anilines is 1. The third-order valence-electron chi connectivity index (χ3n) is 7.83. The molecule has 40 heavy (non-hydrogen) atoms. The molecule has 1 aromatic carbocycles. The first-order valence-electron chi connectivity index (χ1n) is 13.8.